The lowest BCUT2D eigenvalue weighted by atomic mass is 10.1. The molecule has 2 aromatic heterocycles. The predicted octanol–water partition coefficient (Wildman–Crippen LogP) is 3.73. The minimum absolute atomic E-state index is 0.0154. The number of ether oxygens (including phenoxy) is 1. The second kappa shape index (κ2) is 8.58. The molecule has 0 bridgehead atoms. The summed E-state index contributed by atoms with van der Waals surface area (Å²) in [6.45, 7) is 2.64. The Morgan fingerprint density at radius 3 is 2.68 bits per heavy atom. The number of aromatic nitrogens is 4. The Morgan fingerprint density at radius 2 is 1.92 bits per heavy atom. The van der Waals surface area contributed by atoms with Gasteiger partial charge in [-0.3, -0.25) is 0 Å². The molecule has 0 aliphatic heterocycles. The molecular weight excluding hydrogens is 316 g/mol. The van der Waals surface area contributed by atoms with E-state index in [9.17, 15) is 0 Å². The predicted molar refractivity (Wildman–Crippen MR) is 96.8 cm³/mol. The Bertz CT molecular complexity index is 799. The van der Waals surface area contributed by atoms with Crippen molar-refractivity contribution in [1.82, 2.24) is 19.7 Å². The number of aliphatic hydroxyl groups is 1. The highest BCUT2D eigenvalue weighted by atomic mass is 16.5. The van der Waals surface area contributed by atoms with Gasteiger partial charge in [0.05, 0.1) is 25.5 Å². The summed E-state index contributed by atoms with van der Waals surface area (Å²) >= 11 is 0. The van der Waals surface area contributed by atoms with Gasteiger partial charge in [0.1, 0.15) is 11.3 Å². The Hall–Kier alpha value is -2.47. The third-order valence-corrected chi connectivity index (χ3v) is 4.10. The first-order chi connectivity index (χ1) is 12.3. The van der Waals surface area contributed by atoms with Gasteiger partial charge in [-0.1, -0.05) is 38.3 Å². The van der Waals surface area contributed by atoms with E-state index in [1.807, 2.05) is 12.1 Å². The van der Waals surface area contributed by atoms with E-state index < -0.39 is 0 Å². The van der Waals surface area contributed by atoms with Crippen LogP contribution in [0.1, 0.15) is 38.2 Å². The molecule has 0 saturated carbocycles. The van der Waals surface area contributed by atoms with Crippen molar-refractivity contribution < 1.29 is 9.84 Å². The van der Waals surface area contributed by atoms with E-state index >= 15 is 0 Å². The van der Waals surface area contributed by atoms with Crippen LogP contribution in [0.15, 0.2) is 36.7 Å². The fourth-order valence-electron chi connectivity index (χ4n) is 2.75. The summed E-state index contributed by atoms with van der Waals surface area (Å²) in [5.41, 5.74) is 2.62. The van der Waals surface area contributed by atoms with Crippen LogP contribution in [0.2, 0.25) is 0 Å². The number of hydrogen-bond acceptors (Lipinski definition) is 5. The smallest absolute Gasteiger partial charge is 0.238 e. The Balaban J connectivity index is 1.62. The van der Waals surface area contributed by atoms with Crippen LogP contribution in [-0.4, -0.2) is 31.5 Å². The minimum Gasteiger partial charge on any atom is -0.437 e. The van der Waals surface area contributed by atoms with Crippen LogP contribution in [0.5, 0.6) is 11.6 Å². The molecule has 0 fully saturated rings. The molecule has 0 aliphatic carbocycles. The number of aryl methyl sites for hydroxylation is 1. The molecule has 0 unspecified atom stereocenters. The Labute approximate surface area is 147 Å². The highest BCUT2D eigenvalue weighted by molar-refractivity contribution is 5.69. The number of rotatable bonds is 9. The summed E-state index contributed by atoms with van der Waals surface area (Å²) in [6, 6.07) is 8.14. The molecule has 6 heteroatoms. The molecular formula is C19H24N4O2. The van der Waals surface area contributed by atoms with E-state index in [2.05, 4.69) is 34.1 Å². The quantitative estimate of drug-likeness (QED) is 0.601. The summed E-state index contributed by atoms with van der Waals surface area (Å²) < 4.78 is 7.42. The van der Waals surface area contributed by atoms with Crippen LogP contribution < -0.4 is 4.74 Å². The van der Waals surface area contributed by atoms with Gasteiger partial charge in [0, 0.05) is 0 Å². The van der Waals surface area contributed by atoms with Gasteiger partial charge in [-0.2, -0.15) is 5.10 Å². The van der Waals surface area contributed by atoms with Crippen molar-refractivity contribution in [2.45, 2.75) is 45.6 Å². The summed E-state index contributed by atoms with van der Waals surface area (Å²) in [4.78, 5) is 8.75. The average Bonchev–Trinajstić information content (AvgIpc) is 3.03. The molecule has 2 heterocycles. The summed E-state index contributed by atoms with van der Waals surface area (Å²) in [6.07, 6.45) is 9.40. The maximum atomic E-state index is 9.02. The van der Waals surface area contributed by atoms with Crippen molar-refractivity contribution in [3.05, 3.63) is 42.2 Å². The molecule has 0 aliphatic rings. The van der Waals surface area contributed by atoms with E-state index in [1.165, 1.54) is 31.2 Å². The van der Waals surface area contributed by atoms with Crippen LogP contribution in [0.3, 0.4) is 0 Å². The van der Waals surface area contributed by atoms with Crippen molar-refractivity contribution in [1.29, 1.82) is 0 Å². The van der Waals surface area contributed by atoms with E-state index in [4.69, 9.17) is 9.84 Å². The molecule has 0 atom stereocenters. The van der Waals surface area contributed by atoms with Crippen LogP contribution in [0.4, 0.5) is 0 Å². The zero-order valence-electron chi connectivity index (χ0n) is 14.6. The molecule has 6 nitrogen and oxygen atoms in total. The van der Waals surface area contributed by atoms with Gasteiger partial charge in [-0.05, 0) is 30.5 Å². The van der Waals surface area contributed by atoms with Gasteiger partial charge in [-0.25, -0.2) is 14.6 Å². The SMILES string of the molecule is CCCCCCc1ccc(Oc2cnc3c(cnn3CCO)n2)cc1. The van der Waals surface area contributed by atoms with E-state index in [-0.39, 0.29) is 6.61 Å². The molecule has 0 saturated heterocycles. The molecule has 0 amide bonds. The maximum absolute atomic E-state index is 9.02. The third-order valence-electron chi connectivity index (χ3n) is 4.10. The average molecular weight is 340 g/mol. The normalized spacial score (nSPS) is 11.1. The summed E-state index contributed by atoms with van der Waals surface area (Å²) in [5, 5.41) is 13.2. The molecule has 1 N–H and O–H groups in total. The highest BCUT2D eigenvalue weighted by Crippen LogP contribution is 2.22. The van der Waals surface area contributed by atoms with Crippen LogP contribution in [-0.2, 0) is 13.0 Å². The minimum atomic E-state index is 0.0154. The number of nitrogens with zero attached hydrogens (tertiary/aromatic N) is 4. The second-order valence-corrected chi connectivity index (χ2v) is 6.07. The number of fused-ring (bicyclic) bond motifs is 1. The van der Waals surface area contributed by atoms with Gasteiger partial charge < -0.3 is 9.84 Å². The summed E-state index contributed by atoms with van der Waals surface area (Å²) in [5.74, 6) is 1.18. The molecule has 3 rings (SSSR count). The van der Waals surface area contributed by atoms with Crippen LogP contribution >= 0.6 is 0 Å². The molecule has 0 radical (unpaired) electrons. The largest absolute Gasteiger partial charge is 0.437 e. The topological polar surface area (TPSA) is 73.1 Å². The molecule has 132 valence electrons. The summed E-state index contributed by atoms with van der Waals surface area (Å²) in [7, 11) is 0. The van der Waals surface area contributed by atoms with Gasteiger partial charge in [0.25, 0.3) is 0 Å². The Kier molecular flexibility index (Phi) is 5.95. The maximum Gasteiger partial charge on any atom is 0.238 e. The Morgan fingerprint density at radius 1 is 1.08 bits per heavy atom. The fourth-order valence-corrected chi connectivity index (χ4v) is 2.75. The fraction of sp³-hybridized carbons (Fsp3) is 0.421. The first-order valence-corrected chi connectivity index (χ1v) is 8.86. The van der Waals surface area contributed by atoms with Gasteiger partial charge in [0.15, 0.2) is 5.65 Å². The van der Waals surface area contributed by atoms with Crippen molar-refractivity contribution >= 4 is 11.2 Å². The van der Waals surface area contributed by atoms with Crippen molar-refractivity contribution in [3.63, 3.8) is 0 Å². The van der Waals surface area contributed by atoms with Crippen LogP contribution in [0.25, 0.3) is 11.2 Å². The van der Waals surface area contributed by atoms with Gasteiger partial charge >= 0.3 is 0 Å². The molecule has 0 spiro atoms. The van der Waals surface area contributed by atoms with Crippen molar-refractivity contribution in [2.75, 3.05) is 6.61 Å². The van der Waals surface area contributed by atoms with Crippen molar-refractivity contribution in [3.8, 4) is 11.6 Å². The van der Waals surface area contributed by atoms with Gasteiger partial charge in [-0.15, -0.1) is 0 Å². The first-order valence-electron chi connectivity index (χ1n) is 8.86. The number of unbranched alkanes of at least 4 members (excludes halogenated alkanes) is 3. The second-order valence-electron chi connectivity index (χ2n) is 6.07. The number of benzene rings is 1. The van der Waals surface area contributed by atoms with Crippen molar-refractivity contribution in [2.24, 2.45) is 0 Å². The molecule has 3 aromatic rings. The zero-order chi connectivity index (χ0) is 17.5. The van der Waals surface area contributed by atoms with Gasteiger partial charge in [0.2, 0.25) is 5.88 Å². The lowest BCUT2D eigenvalue weighted by molar-refractivity contribution is 0.271. The monoisotopic (exact) mass is 340 g/mol. The molecule has 1 aromatic carbocycles. The lowest BCUT2D eigenvalue weighted by Crippen LogP contribution is -2.04. The third kappa shape index (κ3) is 4.54. The van der Waals surface area contributed by atoms with Crippen LogP contribution in [0, 0.1) is 0 Å². The standard InChI is InChI=1S/C19H24N4O2/c1-2-3-4-5-6-15-7-9-16(10-8-15)25-18-14-20-19-17(22-18)13-21-23(19)11-12-24/h7-10,13-14,24H,2-6,11-12H2,1H3. The number of hydrogen-bond donors (Lipinski definition) is 1. The number of aliphatic hydroxyl groups excluding tert-OH is 1. The lowest BCUT2D eigenvalue weighted by Gasteiger charge is -2.06. The first kappa shape index (κ1) is 17.4. The van der Waals surface area contributed by atoms with E-state index in [0.717, 1.165) is 12.2 Å². The highest BCUT2D eigenvalue weighted by Gasteiger charge is 2.08. The zero-order valence-corrected chi connectivity index (χ0v) is 14.6. The van der Waals surface area contributed by atoms with E-state index in [0.29, 0.717) is 23.6 Å². The van der Waals surface area contributed by atoms with E-state index in [1.54, 1.807) is 17.1 Å². The molecule has 25 heavy (non-hydrogen) atoms.